The smallest absolute Gasteiger partial charge is 0.363 e. The molecule has 0 aromatic carbocycles. The first-order chi connectivity index (χ1) is 9.61. The number of carbonyl (C=O) groups is 1. The minimum absolute atomic E-state index is 0.140. The van der Waals surface area contributed by atoms with E-state index >= 15 is 0 Å². The first-order valence-corrected chi connectivity index (χ1v) is 6.64. The summed E-state index contributed by atoms with van der Waals surface area (Å²) in [4.78, 5) is 27.6. The van der Waals surface area contributed by atoms with E-state index in [9.17, 15) is 14.9 Å². The normalized spacial score (nSPS) is 18.6. The van der Waals surface area contributed by atoms with Crippen LogP contribution >= 0.6 is 0 Å². The SMILES string of the molecule is CCOC(=O)[C@@H]1CCCN(c2ccc([N+](=O)[O-])nc2)C1. The highest BCUT2D eigenvalue weighted by molar-refractivity contribution is 5.73. The van der Waals surface area contributed by atoms with Crippen molar-refractivity contribution in [2.75, 3.05) is 24.6 Å². The zero-order valence-corrected chi connectivity index (χ0v) is 11.3. The molecule has 7 heteroatoms. The van der Waals surface area contributed by atoms with Gasteiger partial charge < -0.3 is 19.8 Å². The number of hydrogen-bond acceptors (Lipinski definition) is 6. The molecule has 7 nitrogen and oxygen atoms in total. The Morgan fingerprint density at radius 1 is 1.60 bits per heavy atom. The number of aromatic nitrogens is 1. The fraction of sp³-hybridized carbons (Fsp3) is 0.538. The highest BCUT2D eigenvalue weighted by Gasteiger charge is 2.27. The van der Waals surface area contributed by atoms with E-state index in [1.54, 1.807) is 13.0 Å². The molecular weight excluding hydrogens is 262 g/mol. The zero-order chi connectivity index (χ0) is 14.5. The van der Waals surface area contributed by atoms with Crippen molar-refractivity contribution in [3.63, 3.8) is 0 Å². The Labute approximate surface area is 116 Å². The van der Waals surface area contributed by atoms with Gasteiger partial charge in [-0.3, -0.25) is 4.79 Å². The van der Waals surface area contributed by atoms with E-state index in [0.717, 1.165) is 25.1 Å². The maximum atomic E-state index is 11.8. The first-order valence-electron chi connectivity index (χ1n) is 6.64. The van der Waals surface area contributed by atoms with Crippen molar-refractivity contribution in [1.29, 1.82) is 0 Å². The lowest BCUT2D eigenvalue weighted by molar-refractivity contribution is -0.389. The molecular formula is C13H17N3O4. The highest BCUT2D eigenvalue weighted by Crippen LogP contribution is 2.24. The Morgan fingerprint density at radius 2 is 2.40 bits per heavy atom. The summed E-state index contributed by atoms with van der Waals surface area (Å²) in [6, 6.07) is 3.04. The van der Waals surface area contributed by atoms with Crippen molar-refractivity contribution >= 4 is 17.5 Å². The van der Waals surface area contributed by atoms with E-state index in [4.69, 9.17) is 4.74 Å². The second-order valence-corrected chi connectivity index (χ2v) is 4.67. The van der Waals surface area contributed by atoms with Crippen LogP contribution in [-0.2, 0) is 9.53 Å². The van der Waals surface area contributed by atoms with Gasteiger partial charge in [-0.2, -0.15) is 0 Å². The highest BCUT2D eigenvalue weighted by atomic mass is 16.6. The van der Waals surface area contributed by atoms with Crippen LogP contribution < -0.4 is 4.90 Å². The van der Waals surface area contributed by atoms with Crippen LogP contribution in [0.2, 0.25) is 0 Å². The van der Waals surface area contributed by atoms with Crippen LogP contribution in [-0.4, -0.2) is 35.6 Å². The zero-order valence-electron chi connectivity index (χ0n) is 11.3. The van der Waals surface area contributed by atoms with Crippen molar-refractivity contribution < 1.29 is 14.5 Å². The summed E-state index contributed by atoms with van der Waals surface area (Å²) in [6.45, 7) is 3.56. The van der Waals surface area contributed by atoms with E-state index in [1.807, 2.05) is 4.90 Å². The lowest BCUT2D eigenvalue weighted by atomic mass is 9.98. The number of hydrogen-bond donors (Lipinski definition) is 0. The van der Waals surface area contributed by atoms with Crippen molar-refractivity contribution in [2.24, 2.45) is 5.92 Å². The molecule has 2 rings (SSSR count). The molecule has 20 heavy (non-hydrogen) atoms. The van der Waals surface area contributed by atoms with Gasteiger partial charge in [0.1, 0.15) is 0 Å². The first kappa shape index (κ1) is 14.2. The van der Waals surface area contributed by atoms with Crippen molar-refractivity contribution in [3.8, 4) is 0 Å². The molecule has 0 N–H and O–H groups in total. The summed E-state index contributed by atoms with van der Waals surface area (Å²) in [5, 5.41) is 10.6. The fourth-order valence-electron chi connectivity index (χ4n) is 2.34. The fourth-order valence-corrected chi connectivity index (χ4v) is 2.34. The predicted octanol–water partition coefficient (Wildman–Crippen LogP) is 1.77. The van der Waals surface area contributed by atoms with Gasteiger partial charge in [-0.05, 0) is 35.7 Å². The third-order valence-corrected chi connectivity index (χ3v) is 3.33. The largest absolute Gasteiger partial charge is 0.466 e. The molecule has 0 radical (unpaired) electrons. The van der Waals surface area contributed by atoms with Crippen LogP contribution in [0.1, 0.15) is 19.8 Å². The minimum Gasteiger partial charge on any atom is -0.466 e. The van der Waals surface area contributed by atoms with E-state index < -0.39 is 4.92 Å². The standard InChI is InChI=1S/C13H17N3O4/c1-2-20-13(17)10-4-3-7-15(9-10)11-5-6-12(14-8-11)16(18)19/h5-6,8,10H,2-4,7,9H2,1H3/t10-/m1/s1. The molecule has 0 amide bonds. The average molecular weight is 279 g/mol. The maximum Gasteiger partial charge on any atom is 0.363 e. The third-order valence-electron chi connectivity index (χ3n) is 3.33. The number of nitro groups is 1. The van der Waals surface area contributed by atoms with Gasteiger partial charge >= 0.3 is 11.8 Å². The van der Waals surface area contributed by atoms with E-state index in [1.165, 1.54) is 12.3 Å². The molecule has 0 aliphatic carbocycles. The Balaban J connectivity index is 2.04. The van der Waals surface area contributed by atoms with Gasteiger partial charge in [0.05, 0.1) is 18.2 Å². The minimum atomic E-state index is -0.526. The van der Waals surface area contributed by atoms with Gasteiger partial charge in [0.25, 0.3) is 0 Å². The predicted molar refractivity (Wildman–Crippen MR) is 72.5 cm³/mol. The van der Waals surface area contributed by atoms with E-state index in [-0.39, 0.29) is 17.7 Å². The van der Waals surface area contributed by atoms with Gasteiger partial charge in [-0.15, -0.1) is 0 Å². The Kier molecular flexibility index (Phi) is 4.49. The number of carbonyl (C=O) groups excluding carboxylic acids is 1. The molecule has 1 aromatic heterocycles. The molecule has 0 saturated carbocycles. The molecule has 1 aromatic rings. The second kappa shape index (κ2) is 6.31. The summed E-state index contributed by atoms with van der Waals surface area (Å²) >= 11 is 0. The van der Waals surface area contributed by atoms with Crippen LogP contribution in [0.4, 0.5) is 11.5 Å². The second-order valence-electron chi connectivity index (χ2n) is 4.67. The van der Waals surface area contributed by atoms with Gasteiger partial charge in [-0.1, -0.05) is 0 Å². The van der Waals surface area contributed by atoms with Gasteiger partial charge in [-0.25, -0.2) is 0 Å². The summed E-state index contributed by atoms with van der Waals surface area (Å²) in [5.74, 6) is -0.487. The van der Waals surface area contributed by atoms with E-state index in [0.29, 0.717) is 13.2 Å². The lowest BCUT2D eigenvalue weighted by Gasteiger charge is -2.32. The number of ether oxygens (including phenoxy) is 1. The molecule has 0 bridgehead atoms. The number of pyridine rings is 1. The third kappa shape index (κ3) is 3.23. The van der Waals surface area contributed by atoms with Crippen molar-refractivity contribution in [3.05, 3.63) is 28.4 Å². The van der Waals surface area contributed by atoms with Crippen LogP contribution in [0.5, 0.6) is 0 Å². The summed E-state index contributed by atoms with van der Waals surface area (Å²) in [6.07, 6.45) is 3.18. The molecule has 1 fully saturated rings. The topological polar surface area (TPSA) is 85.6 Å². The van der Waals surface area contributed by atoms with Gasteiger partial charge in [0, 0.05) is 19.2 Å². The summed E-state index contributed by atoms with van der Waals surface area (Å²) in [5.41, 5.74) is 0.796. The van der Waals surface area contributed by atoms with Crippen LogP contribution in [0.25, 0.3) is 0 Å². The Morgan fingerprint density at radius 3 is 3.00 bits per heavy atom. The molecule has 0 spiro atoms. The molecule has 1 aliphatic rings. The number of piperidine rings is 1. The number of anilines is 1. The molecule has 1 atom stereocenters. The van der Waals surface area contributed by atoms with E-state index in [2.05, 4.69) is 4.98 Å². The monoisotopic (exact) mass is 279 g/mol. The average Bonchev–Trinajstić information content (AvgIpc) is 2.48. The summed E-state index contributed by atoms with van der Waals surface area (Å²) in [7, 11) is 0. The molecule has 0 unspecified atom stereocenters. The lowest BCUT2D eigenvalue weighted by Crippen LogP contribution is -2.39. The number of nitrogens with zero attached hydrogens (tertiary/aromatic N) is 3. The van der Waals surface area contributed by atoms with Gasteiger partial charge in [0.2, 0.25) is 0 Å². The van der Waals surface area contributed by atoms with Crippen molar-refractivity contribution in [1.82, 2.24) is 4.98 Å². The summed E-state index contributed by atoms with van der Waals surface area (Å²) < 4.78 is 5.05. The quantitative estimate of drug-likeness (QED) is 0.474. The van der Waals surface area contributed by atoms with Crippen LogP contribution in [0.15, 0.2) is 18.3 Å². The van der Waals surface area contributed by atoms with Crippen molar-refractivity contribution in [2.45, 2.75) is 19.8 Å². The maximum absolute atomic E-state index is 11.8. The molecule has 1 saturated heterocycles. The van der Waals surface area contributed by atoms with Crippen LogP contribution in [0.3, 0.4) is 0 Å². The number of esters is 1. The molecule has 2 heterocycles. The Hall–Kier alpha value is -2.18. The molecule has 1 aliphatic heterocycles. The Bertz CT molecular complexity index is 489. The van der Waals surface area contributed by atoms with Crippen LogP contribution in [0, 0.1) is 16.0 Å². The van der Waals surface area contributed by atoms with Gasteiger partial charge in [0.15, 0.2) is 6.20 Å². The molecule has 108 valence electrons. The number of rotatable bonds is 4.